The van der Waals surface area contributed by atoms with Gasteiger partial charge in [0.15, 0.2) is 0 Å². The van der Waals surface area contributed by atoms with Crippen molar-refractivity contribution in [1.29, 1.82) is 0 Å². The van der Waals surface area contributed by atoms with Gasteiger partial charge >= 0.3 is 6.09 Å². The first-order chi connectivity index (χ1) is 14.0. The molecule has 1 aromatic rings. The molecule has 4 rings (SSSR count). The number of H-pyrrole nitrogens is 1. The van der Waals surface area contributed by atoms with Crippen LogP contribution >= 0.6 is 0 Å². The Bertz CT molecular complexity index is 712. The molecule has 0 bridgehead atoms. The highest BCUT2D eigenvalue weighted by atomic mass is 16.6. The third-order valence-electron chi connectivity index (χ3n) is 6.71. The van der Waals surface area contributed by atoms with Crippen LogP contribution in [0.2, 0.25) is 0 Å². The Kier molecular flexibility index (Phi) is 5.83. The Morgan fingerprint density at radius 3 is 2.72 bits per heavy atom. The Morgan fingerprint density at radius 1 is 1.28 bits per heavy atom. The van der Waals surface area contributed by atoms with Crippen LogP contribution in [0.3, 0.4) is 0 Å². The standard InChI is InChI=1S/C21H33N5O3/c1-23(2)17-6-12-24(15-17)10-4-11-26-16-21(29-20(26)28)7-13-25(14-8-21)19(27)18-5-3-9-22-18/h3,5,9,17,22H,4,6-8,10-16H2,1-2H3/t17-/m1/s1. The van der Waals surface area contributed by atoms with Gasteiger partial charge in [0.25, 0.3) is 5.91 Å². The average Bonchev–Trinajstić information content (AvgIpc) is 3.44. The third-order valence-corrected chi connectivity index (χ3v) is 6.71. The first-order valence-electron chi connectivity index (χ1n) is 10.8. The number of aromatic nitrogens is 1. The molecule has 0 aliphatic carbocycles. The van der Waals surface area contributed by atoms with Crippen LogP contribution in [-0.4, -0.2) is 108 Å². The molecule has 1 aromatic heterocycles. The van der Waals surface area contributed by atoms with Gasteiger partial charge in [0.2, 0.25) is 0 Å². The Morgan fingerprint density at radius 2 is 2.07 bits per heavy atom. The van der Waals surface area contributed by atoms with E-state index in [1.165, 1.54) is 6.42 Å². The molecule has 1 atom stereocenters. The van der Waals surface area contributed by atoms with Crippen molar-refractivity contribution in [2.24, 2.45) is 0 Å². The lowest BCUT2D eigenvalue weighted by Gasteiger charge is -2.37. The fraction of sp³-hybridized carbons (Fsp3) is 0.714. The van der Waals surface area contributed by atoms with Crippen molar-refractivity contribution < 1.29 is 14.3 Å². The van der Waals surface area contributed by atoms with Crippen LogP contribution in [-0.2, 0) is 4.74 Å². The summed E-state index contributed by atoms with van der Waals surface area (Å²) < 4.78 is 5.81. The van der Waals surface area contributed by atoms with E-state index in [0.29, 0.717) is 44.2 Å². The zero-order chi connectivity index (χ0) is 20.4. The predicted molar refractivity (Wildman–Crippen MR) is 110 cm³/mol. The van der Waals surface area contributed by atoms with Gasteiger partial charge in [-0.15, -0.1) is 0 Å². The number of rotatable bonds is 6. The normalized spacial score (nSPS) is 24.7. The van der Waals surface area contributed by atoms with E-state index in [0.717, 1.165) is 32.6 Å². The Balaban J connectivity index is 1.22. The van der Waals surface area contributed by atoms with Crippen molar-refractivity contribution in [1.82, 2.24) is 24.6 Å². The number of nitrogens with zero attached hydrogens (tertiary/aromatic N) is 4. The van der Waals surface area contributed by atoms with Crippen LogP contribution in [0.15, 0.2) is 18.3 Å². The molecule has 0 aromatic carbocycles. The summed E-state index contributed by atoms with van der Waals surface area (Å²) in [6, 6.07) is 4.28. The number of likely N-dealkylation sites (tertiary alicyclic amines) is 2. The van der Waals surface area contributed by atoms with E-state index < -0.39 is 5.60 Å². The summed E-state index contributed by atoms with van der Waals surface area (Å²) in [5, 5.41) is 0. The molecule has 0 unspecified atom stereocenters. The quantitative estimate of drug-likeness (QED) is 0.779. The van der Waals surface area contributed by atoms with Gasteiger partial charge in [-0.3, -0.25) is 4.79 Å². The van der Waals surface area contributed by atoms with E-state index in [2.05, 4.69) is 28.9 Å². The summed E-state index contributed by atoms with van der Waals surface area (Å²) in [5.74, 6) is 0.0210. The predicted octanol–water partition coefficient (Wildman–Crippen LogP) is 1.47. The average molecular weight is 404 g/mol. The van der Waals surface area contributed by atoms with E-state index in [9.17, 15) is 9.59 Å². The molecule has 2 amide bonds. The number of ether oxygens (including phenoxy) is 1. The molecule has 1 spiro atoms. The van der Waals surface area contributed by atoms with Gasteiger partial charge in [-0.05, 0) is 52.2 Å². The first-order valence-corrected chi connectivity index (χ1v) is 10.8. The van der Waals surface area contributed by atoms with Crippen LogP contribution in [0.1, 0.15) is 36.2 Å². The molecule has 0 saturated carbocycles. The fourth-order valence-corrected chi connectivity index (χ4v) is 4.80. The summed E-state index contributed by atoms with van der Waals surface area (Å²) in [6.07, 6.45) is 5.18. The molecule has 3 aliphatic rings. The van der Waals surface area contributed by atoms with Crippen molar-refractivity contribution in [2.45, 2.75) is 37.3 Å². The minimum absolute atomic E-state index is 0.0210. The number of nitrogens with one attached hydrogen (secondary N) is 1. The summed E-state index contributed by atoms with van der Waals surface area (Å²) >= 11 is 0. The maximum atomic E-state index is 12.5. The highest BCUT2D eigenvalue weighted by Gasteiger charge is 2.47. The van der Waals surface area contributed by atoms with Gasteiger partial charge < -0.3 is 29.3 Å². The summed E-state index contributed by atoms with van der Waals surface area (Å²) in [4.78, 5) is 36.4. The first kappa shape index (κ1) is 20.2. The topological polar surface area (TPSA) is 72.1 Å². The van der Waals surface area contributed by atoms with Crippen molar-refractivity contribution in [3.8, 4) is 0 Å². The lowest BCUT2D eigenvalue weighted by atomic mass is 9.91. The maximum absolute atomic E-state index is 12.5. The van der Waals surface area contributed by atoms with Crippen LogP contribution in [0.5, 0.6) is 0 Å². The van der Waals surface area contributed by atoms with Crippen molar-refractivity contribution in [3.63, 3.8) is 0 Å². The number of piperidine rings is 1. The molecule has 8 nitrogen and oxygen atoms in total. The second-order valence-electron chi connectivity index (χ2n) is 8.91. The van der Waals surface area contributed by atoms with E-state index >= 15 is 0 Å². The van der Waals surface area contributed by atoms with E-state index in [4.69, 9.17) is 4.74 Å². The maximum Gasteiger partial charge on any atom is 0.410 e. The highest BCUT2D eigenvalue weighted by Crippen LogP contribution is 2.33. The highest BCUT2D eigenvalue weighted by molar-refractivity contribution is 5.92. The Labute approximate surface area is 172 Å². The van der Waals surface area contributed by atoms with Crippen LogP contribution in [0.25, 0.3) is 0 Å². The SMILES string of the molecule is CN(C)[C@@H]1CCN(CCCN2CC3(CCN(C(=O)c4ccc[nH]4)CC3)OC2=O)C1. The number of carbonyl (C=O) groups excluding carboxylic acids is 2. The number of aromatic amines is 1. The fourth-order valence-electron chi connectivity index (χ4n) is 4.80. The van der Waals surface area contributed by atoms with Gasteiger partial charge in [0.1, 0.15) is 11.3 Å². The molecule has 1 N–H and O–H groups in total. The number of hydrogen-bond donors (Lipinski definition) is 1. The third kappa shape index (κ3) is 4.43. The number of likely N-dealkylation sites (N-methyl/N-ethyl adjacent to an activating group) is 1. The van der Waals surface area contributed by atoms with Gasteiger partial charge in [-0.2, -0.15) is 0 Å². The van der Waals surface area contributed by atoms with Crippen molar-refractivity contribution in [2.75, 3.05) is 59.9 Å². The van der Waals surface area contributed by atoms with Crippen LogP contribution in [0.4, 0.5) is 4.79 Å². The lowest BCUT2D eigenvalue weighted by molar-refractivity contribution is 0.00298. The molecule has 3 fully saturated rings. The lowest BCUT2D eigenvalue weighted by Crippen LogP contribution is -2.48. The zero-order valence-corrected chi connectivity index (χ0v) is 17.6. The van der Waals surface area contributed by atoms with E-state index in [1.807, 2.05) is 15.9 Å². The largest absolute Gasteiger partial charge is 0.441 e. The smallest absolute Gasteiger partial charge is 0.410 e. The summed E-state index contributed by atoms with van der Waals surface area (Å²) in [7, 11) is 4.29. The summed E-state index contributed by atoms with van der Waals surface area (Å²) in [5.41, 5.74) is 0.192. The Hall–Kier alpha value is -2.06. The molecule has 0 radical (unpaired) electrons. The van der Waals surface area contributed by atoms with Crippen LogP contribution in [0, 0.1) is 0 Å². The number of carbonyl (C=O) groups is 2. The molecule has 3 aliphatic heterocycles. The van der Waals surface area contributed by atoms with Crippen LogP contribution < -0.4 is 0 Å². The minimum atomic E-state index is -0.423. The molecular formula is C21H33N5O3. The molecule has 4 heterocycles. The second-order valence-corrected chi connectivity index (χ2v) is 8.91. The van der Waals surface area contributed by atoms with E-state index in [1.54, 1.807) is 12.3 Å². The number of hydrogen-bond acceptors (Lipinski definition) is 5. The van der Waals surface area contributed by atoms with Crippen molar-refractivity contribution >= 4 is 12.0 Å². The van der Waals surface area contributed by atoms with Crippen molar-refractivity contribution in [3.05, 3.63) is 24.0 Å². The molecule has 160 valence electrons. The summed E-state index contributed by atoms with van der Waals surface area (Å²) in [6.45, 7) is 5.93. The second kappa shape index (κ2) is 8.36. The number of amides is 2. The van der Waals surface area contributed by atoms with Gasteiger partial charge in [-0.1, -0.05) is 0 Å². The molecular weight excluding hydrogens is 370 g/mol. The van der Waals surface area contributed by atoms with Gasteiger partial charge in [0.05, 0.1) is 6.54 Å². The van der Waals surface area contributed by atoms with E-state index in [-0.39, 0.29) is 12.0 Å². The molecule has 3 saturated heterocycles. The van der Waals surface area contributed by atoms with Gasteiger partial charge in [-0.25, -0.2) is 4.79 Å². The van der Waals surface area contributed by atoms with Gasteiger partial charge in [0, 0.05) is 51.3 Å². The monoisotopic (exact) mass is 403 g/mol. The molecule has 8 heteroatoms. The minimum Gasteiger partial charge on any atom is -0.441 e. The zero-order valence-electron chi connectivity index (χ0n) is 17.6. The molecule has 29 heavy (non-hydrogen) atoms.